The lowest BCUT2D eigenvalue weighted by Crippen LogP contribution is -2.47. The molecule has 0 radical (unpaired) electrons. The standard InChI is InChI=1S/C16H22FNO/c17-14-5-3-4-13(10-14)11-16-12-18(8-9-19-16)15-6-1-2-7-15/h3-5,10,15-16H,1-2,6-9,11-12H2/t16-/m1/s1. The van der Waals surface area contributed by atoms with Crippen LogP contribution in [0.4, 0.5) is 4.39 Å². The molecule has 0 aromatic heterocycles. The van der Waals surface area contributed by atoms with Crippen molar-refractivity contribution in [3.63, 3.8) is 0 Å². The molecule has 1 saturated carbocycles. The number of hydrogen-bond donors (Lipinski definition) is 0. The minimum absolute atomic E-state index is 0.152. The summed E-state index contributed by atoms with van der Waals surface area (Å²) in [7, 11) is 0. The Hall–Kier alpha value is -0.930. The van der Waals surface area contributed by atoms with E-state index in [0.29, 0.717) is 0 Å². The zero-order valence-electron chi connectivity index (χ0n) is 11.4. The predicted octanol–water partition coefficient (Wildman–Crippen LogP) is 3.01. The third-order valence-electron chi connectivity index (χ3n) is 4.36. The fraction of sp³-hybridized carbons (Fsp3) is 0.625. The van der Waals surface area contributed by atoms with Gasteiger partial charge in [-0.1, -0.05) is 25.0 Å². The first-order valence-electron chi connectivity index (χ1n) is 7.41. The summed E-state index contributed by atoms with van der Waals surface area (Å²) in [5.41, 5.74) is 1.04. The lowest BCUT2D eigenvalue weighted by molar-refractivity contribution is -0.0416. The van der Waals surface area contributed by atoms with E-state index in [1.54, 1.807) is 12.1 Å². The van der Waals surface area contributed by atoms with Gasteiger partial charge < -0.3 is 4.74 Å². The fourth-order valence-corrected chi connectivity index (χ4v) is 3.39. The minimum atomic E-state index is -0.152. The zero-order valence-corrected chi connectivity index (χ0v) is 11.4. The zero-order chi connectivity index (χ0) is 13.1. The van der Waals surface area contributed by atoms with Crippen LogP contribution in [0.5, 0.6) is 0 Å². The van der Waals surface area contributed by atoms with Crippen molar-refractivity contribution < 1.29 is 9.13 Å². The highest BCUT2D eigenvalue weighted by atomic mass is 19.1. The Labute approximate surface area is 114 Å². The van der Waals surface area contributed by atoms with E-state index in [1.165, 1.54) is 31.7 Å². The highest BCUT2D eigenvalue weighted by Crippen LogP contribution is 2.25. The third-order valence-corrected chi connectivity index (χ3v) is 4.36. The molecule has 2 fully saturated rings. The summed E-state index contributed by atoms with van der Waals surface area (Å²) in [6.07, 6.45) is 6.46. The van der Waals surface area contributed by atoms with Crippen LogP contribution < -0.4 is 0 Å². The summed E-state index contributed by atoms with van der Waals surface area (Å²) < 4.78 is 19.0. The first-order chi connectivity index (χ1) is 9.31. The molecular weight excluding hydrogens is 241 g/mol. The Morgan fingerprint density at radius 2 is 2.11 bits per heavy atom. The van der Waals surface area contributed by atoms with Crippen molar-refractivity contribution >= 4 is 0 Å². The average Bonchev–Trinajstić information content (AvgIpc) is 2.93. The number of benzene rings is 1. The first-order valence-corrected chi connectivity index (χ1v) is 7.41. The van der Waals surface area contributed by atoms with Crippen LogP contribution in [0.3, 0.4) is 0 Å². The topological polar surface area (TPSA) is 12.5 Å². The van der Waals surface area contributed by atoms with E-state index >= 15 is 0 Å². The SMILES string of the molecule is Fc1cccc(C[C@@H]2CN(C3CCCC3)CCO2)c1. The van der Waals surface area contributed by atoms with E-state index < -0.39 is 0 Å². The summed E-state index contributed by atoms with van der Waals surface area (Å²) in [6.45, 7) is 2.88. The molecule has 1 aliphatic carbocycles. The normalized spacial score (nSPS) is 25.8. The second-order valence-corrected chi connectivity index (χ2v) is 5.76. The molecule has 2 aliphatic rings. The lowest BCUT2D eigenvalue weighted by Gasteiger charge is -2.37. The van der Waals surface area contributed by atoms with E-state index in [0.717, 1.165) is 37.7 Å². The van der Waals surface area contributed by atoms with Crippen molar-refractivity contribution in [3.8, 4) is 0 Å². The second-order valence-electron chi connectivity index (χ2n) is 5.76. The van der Waals surface area contributed by atoms with Crippen molar-refractivity contribution in [1.29, 1.82) is 0 Å². The highest BCUT2D eigenvalue weighted by molar-refractivity contribution is 5.17. The number of nitrogens with zero attached hydrogens (tertiary/aromatic N) is 1. The van der Waals surface area contributed by atoms with Crippen molar-refractivity contribution in [1.82, 2.24) is 4.90 Å². The van der Waals surface area contributed by atoms with Crippen molar-refractivity contribution in [2.24, 2.45) is 0 Å². The first kappa shape index (κ1) is 13.1. The van der Waals surface area contributed by atoms with Crippen LogP contribution >= 0.6 is 0 Å². The van der Waals surface area contributed by atoms with E-state index in [4.69, 9.17) is 4.74 Å². The van der Waals surface area contributed by atoms with E-state index in [9.17, 15) is 4.39 Å². The number of ether oxygens (including phenoxy) is 1. The Kier molecular flexibility index (Phi) is 4.14. The highest BCUT2D eigenvalue weighted by Gasteiger charge is 2.28. The van der Waals surface area contributed by atoms with Crippen molar-refractivity contribution in [2.75, 3.05) is 19.7 Å². The molecule has 0 spiro atoms. The van der Waals surface area contributed by atoms with Gasteiger partial charge in [-0.25, -0.2) is 4.39 Å². The van der Waals surface area contributed by atoms with Gasteiger partial charge in [0.1, 0.15) is 5.82 Å². The Balaban J connectivity index is 1.58. The van der Waals surface area contributed by atoms with Crippen LogP contribution in [0.1, 0.15) is 31.2 Å². The molecule has 0 amide bonds. The molecule has 0 unspecified atom stereocenters. The average molecular weight is 263 g/mol. The van der Waals surface area contributed by atoms with Crippen LogP contribution in [-0.2, 0) is 11.2 Å². The van der Waals surface area contributed by atoms with Crippen molar-refractivity contribution in [3.05, 3.63) is 35.6 Å². The largest absolute Gasteiger partial charge is 0.375 e. The Bertz CT molecular complexity index is 417. The van der Waals surface area contributed by atoms with E-state index in [-0.39, 0.29) is 11.9 Å². The van der Waals surface area contributed by atoms with Gasteiger partial charge in [0, 0.05) is 19.1 Å². The molecule has 19 heavy (non-hydrogen) atoms. The summed E-state index contributed by atoms with van der Waals surface area (Å²) in [5.74, 6) is -0.152. The number of halogens is 1. The predicted molar refractivity (Wildman–Crippen MR) is 73.7 cm³/mol. The van der Waals surface area contributed by atoms with Gasteiger partial charge in [0.05, 0.1) is 12.7 Å². The smallest absolute Gasteiger partial charge is 0.123 e. The molecule has 0 bridgehead atoms. The molecule has 3 rings (SSSR count). The molecule has 0 N–H and O–H groups in total. The van der Waals surface area contributed by atoms with Crippen LogP contribution in [0.25, 0.3) is 0 Å². The van der Waals surface area contributed by atoms with E-state index in [2.05, 4.69) is 4.90 Å². The molecule has 2 nitrogen and oxygen atoms in total. The van der Waals surface area contributed by atoms with Crippen LogP contribution in [0.2, 0.25) is 0 Å². The molecular formula is C16H22FNO. The van der Waals surface area contributed by atoms with Gasteiger partial charge in [-0.15, -0.1) is 0 Å². The molecule has 1 aliphatic heterocycles. The van der Waals surface area contributed by atoms with Crippen LogP contribution in [0.15, 0.2) is 24.3 Å². The molecule has 1 aromatic carbocycles. The number of rotatable bonds is 3. The summed E-state index contributed by atoms with van der Waals surface area (Å²) in [4.78, 5) is 2.58. The summed E-state index contributed by atoms with van der Waals surface area (Å²) in [6, 6.07) is 7.65. The van der Waals surface area contributed by atoms with Crippen LogP contribution in [0, 0.1) is 5.82 Å². The molecule has 1 saturated heterocycles. The third kappa shape index (κ3) is 3.34. The van der Waals surface area contributed by atoms with Crippen LogP contribution in [-0.4, -0.2) is 36.7 Å². The molecule has 1 heterocycles. The fourth-order valence-electron chi connectivity index (χ4n) is 3.39. The molecule has 1 aromatic rings. The quantitative estimate of drug-likeness (QED) is 0.831. The number of hydrogen-bond acceptors (Lipinski definition) is 2. The summed E-state index contributed by atoms with van der Waals surface area (Å²) >= 11 is 0. The minimum Gasteiger partial charge on any atom is -0.375 e. The lowest BCUT2D eigenvalue weighted by atomic mass is 10.1. The molecule has 104 valence electrons. The second kappa shape index (κ2) is 6.02. The van der Waals surface area contributed by atoms with Gasteiger partial charge in [0.2, 0.25) is 0 Å². The van der Waals surface area contributed by atoms with Gasteiger partial charge in [-0.3, -0.25) is 4.90 Å². The molecule has 1 atom stereocenters. The van der Waals surface area contributed by atoms with Crippen molar-refractivity contribution in [2.45, 2.75) is 44.2 Å². The summed E-state index contributed by atoms with van der Waals surface area (Å²) in [5, 5.41) is 0. The maximum atomic E-state index is 13.2. The van der Waals surface area contributed by atoms with Gasteiger partial charge in [0.15, 0.2) is 0 Å². The monoisotopic (exact) mass is 263 g/mol. The maximum absolute atomic E-state index is 13.2. The Morgan fingerprint density at radius 3 is 2.89 bits per heavy atom. The Morgan fingerprint density at radius 1 is 1.26 bits per heavy atom. The number of morpholine rings is 1. The van der Waals surface area contributed by atoms with Gasteiger partial charge in [0.25, 0.3) is 0 Å². The van der Waals surface area contributed by atoms with Gasteiger partial charge in [-0.2, -0.15) is 0 Å². The molecule has 3 heteroatoms. The maximum Gasteiger partial charge on any atom is 0.123 e. The van der Waals surface area contributed by atoms with E-state index in [1.807, 2.05) is 6.07 Å². The van der Waals surface area contributed by atoms with Gasteiger partial charge in [-0.05, 0) is 37.0 Å². The van der Waals surface area contributed by atoms with Gasteiger partial charge >= 0.3 is 0 Å².